The quantitative estimate of drug-likeness (QED) is 0.648. The SMILES string of the molecule is NS(=O)(=O)NC1CC12CCCC2. The Kier molecular flexibility index (Phi) is 1.72. The highest BCUT2D eigenvalue weighted by Gasteiger charge is 2.56. The molecule has 0 amide bonds. The van der Waals surface area contributed by atoms with Gasteiger partial charge in [0.05, 0.1) is 0 Å². The third-order valence-corrected chi connectivity index (χ3v) is 3.71. The van der Waals surface area contributed by atoms with Gasteiger partial charge < -0.3 is 0 Å². The van der Waals surface area contributed by atoms with E-state index in [2.05, 4.69) is 4.72 Å². The van der Waals surface area contributed by atoms with Crippen LogP contribution in [-0.4, -0.2) is 14.5 Å². The van der Waals surface area contributed by atoms with E-state index in [4.69, 9.17) is 5.14 Å². The molecular formula is C7H14N2O2S. The zero-order valence-corrected chi connectivity index (χ0v) is 7.73. The summed E-state index contributed by atoms with van der Waals surface area (Å²) in [5.41, 5.74) is 0.298. The number of nitrogens with two attached hydrogens (primary N) is 1. The molecule has 2 rings (SSSR count). The van der Waals surface area contributed by atoms with Gasteiger partial charge in [-0.15, -0.1) is 0 Å². The van der Waals surface area contributed by atoms with Gasteiger partial charge in [-0.3, -0.25) is 0 Å². The van der Waals surface area contributed by atoms with Gasteiger partial charge in [0.1, 0.15) is 0 Å². The summed E-state index contributed by atoms with van der Waals surface area (Å²) in [6, 6.07) is 0.134. The fourth-order valence-electron chi connectivity index (χ4n) is 2.34. The molecule has 12 heavy (non-hydrogen) atoms. The lowest BCUT2D eigenvalue weighted by atomic mass is 10.1. The monoisotopic (exact) mass is 190 g/mol. The van der Waals surface area contributed by atoms with Gasteiger partial charge in [-0.25, -0.2) is 5.14 Å². The Morgan fingerprint density at radius 1 is 1.33 bits per heavy atom. The first-order valence-electron chi connectivity index (χ1n) is 4.32. The summed E-state index contributed by atoms with van der Waals surface area (Å²) in [6.45, 7) is 0. The molecule has 1 spiro atoms. The van der Waals surface area contributed by atoms with Crippen molar-refractivity contribution in [3.63, 3.8) is 0 Å². The summed E-state index contributed by atoms with van der Waals surface area (Å²) >= 11 is 0. The van der Waals surface area contributed by atoms with E-state index in [1.54, 1.807) is 0 Å². The average Bonchev–Trinajstić information content (AvgIpc) is 2.42. The molecule has 0 aromatic rings. The van der Waals surface area contributed by atoms with Crippen LogP contribution in [0.15, 0.2) is 0 Å². The van der Waals surface area contributed by atoms with Crippen molar-refractivity contribution in [2.75, 3.05) is 0 Å². The van der Waals surface area contributed by atoms with Crippen molar-refractivity contribution in [2.45, 2.75) is 38.1 Å². The molecule has 0 aromatic heterocycles. The molecular weight excluding hydrogens is 176 g/mol. The van der Waals surface area contributed by atoms with Crippen molar-refractivity contribution in [2.24, 2.45) is 10.6 Å². The Labute approximate surface area is 72.7 Å². The van der Waals surface area contributed by atoms with E-state index in [1.807, 2.05) is 0 Å². The van der Waals surface area contributed by atoms with Gasteiger partial charge in [-0.1, -0.05) is 12.8 Å². The summed E-state index contributed by atoms with van der Waals surface area (Å²) in [5, 5.41) is 4.89. The second kappa shape index (κ2) is 2.43. The molecule has 0 heterocycles. The normalized spacial score (nSPS) is 32.6. The van der Waals surface area contributed by atoms with Crippen molar-refractivity contribution >= 4 is 10.2 Å². The third kappa shape index (κ3) is 1.48. The second-order valence-corrected chi connectivity index (χ2v) is 5.31. The summed E-state index contributed by atoms with van der Waals surface area (Å²) in [7, 11) is -3.47. The Hall–Kier alpha value is -0.130. The molecule has 1 unspecified atom stereocenters. The molecule has 2 aliphatic carbocycles. The van der Waals surface area contributed by atoms with Crippen LogP contribution in [0.1, 0.15) is 32.1 Å². The van der Waals surface area contributed by atoms with Gasteiger partial charge in [0.15, 0.2) is 0 Å². The van der Waals surface area contributed by atoms with Crippen LogP contribution in [0.4, 0.5) is 0 Å². The molecule has 0 aromatic carbocycles. The molecule has 0 radical (unpaired) electrons. The lowest BCUT2D eigenvalue weighted by molar-refractivity contribution is 0.491. The molecule has 2 fully saturated rings. The van der Waals surface area contributed by atoms with Gasteiger partial charge in [-0.05, 0) is 24.7 Å². The zero-order valence-electron chi connectivity index (χ0n) is 6.91. The van der Waals surface area contributed by atoms with E-state index in [1.165, 1.54) is 25.7 Å². The van der Waals surface area contributed by atoms with Crippen LogP contribution in [0.5, 0.6) is 0 Å². The number of hydrogen-bond acceptors (Lipinski definition) is 2. The lowest BCUT2D eigenvalue weighted by Gasteiger charge is -2.07. The van der Waals surface area contributed by atoms with Crippen molar-refractivity contribution in [1.29, 1.82) is 0 Å². The van der Waals surface area contributed by atoms with E-state index >= 15 is 0 Å². The highest BCUT2D eigenvalue weighted by atomic mass is 32.2. The first-order valence-corrected chi connectivity index (χ1v) is 5.87. The first-order chi connectivity index (χ1) is 5.52. The van der Waals surface area contributed by atoms with Crippen molar-refractivity contribution in [1.82, 2.24) is 4.72 Å². The van der Waals surface area contributed by atoms with E-state index in [0.717, 1.165) is 6.42 Å². The molecule has 0 saturated heterocycles. The van der Waals surface area contributed by atoms with Crippen LogP contribution in [0.3, 0.4) is 0 Å². The molecule has 2 aliphatic rings. The average molecular weight is 190 g/mol. The van der Waals surface area contributed by atoms with Gasteiger partial charge in [0.25, 0.3) is 10.2 Å². The van der Waals surface area contributed by atoms with Crippen LogP contribution in [0.25, 0.3) is 0 Å². The van der Waals surface area contributed by atoms with Crippen molar-refractivity contribution < 1.29 is 8.42 Å². The minimum Gasteiger partial charge on any atom is -0.216 e. The van der Waals surface area contributed by atoms with E-state index in [-0.39, 0.29) is 6.04 Å². The standard InChI is InChI=1S/C7H14N2O2S/c8-12(10,11)9-6-5-7(6)3-1-2-4-7/h6,9H,1-5H2,(H2,8,10,11). The molecule has 1 atom stereocenters. The van der Waals surface area contributed by atoms with Crippen LogP contribution in [0.2, 0.25) is 0 Å². The van der Waals surface area contributed by atoms with Crippen LogP contribution >= 0.6 is 0 Å². The number of nitrogens with one attached hydrogen (secondary N) is 1. The van der Waals surface area contributed by atoms with E-state index < -0.39 is 10.2 Å². The van der Waals surface area contributed by atoms with E-state index in [0.29, 0.717) is 5.41 Å². The third-order valence-electron chi connectivity index (χ3n) is 3.10. The number of hydrogen-bond donors (Lipinski definition) is 2. The smallest absolute Gasteiger partial charge is 0.216 e. The summed E-state index contributed by atoms with van der Waals surface area (Å²) in [4.78, 5) is 0. The molecule has 5 heteroatoms. The lowest BCUT2D eigenvalue weighted by Crippen LogP contribution is -2.34. The van der Waals surface area contributed by atoms with Crippen molar-refractivity contribution in [3.8, 4) is 0 Å². The fraction of sp³-hybridized carbons (Fsp3) is 1.00. The van der Waals surface area contributed by atoms with Gasteiger partial charge >= 0.3 is 0 Å². The van der Waals surface area contributed by atoms with Gasteiger partial charge in [-0.2, -0.15) is 13.1 Å². The highest BCUT2D eigenvalue weighted by Crippen LogP contribution is 2.57. The maximum Gasteiger partial charge on any atom is 0.274 e. The molecule has 0 aliphatic heterocycles. The first kappa shape index (κ1) is 8.47. The molecule has 2 saturated carbocycles. The summed E-state index contributed by atoms with van der Waals surface area (Å²) in [5.74, 6) is 0. The topological polar surface area (TPSA) is 72.2 Å². The van der Waals surface area contributed by atoms with Crippen LogP contribution in [-0.2, 0) is 10.2 Å². The fourth-order valence-corrected chi connectivity index (χ4v) is 3.07. The zero-order chi connectivity index (χ0) is 8.82. The Bertz CT molecular complexity index is 280. The largest absolute Gasteiger partial charge is 0.274 e. The Balaban J connectivity index is 1.95. The van der Waals surface area contributed by atoms with Crippen LogP contribution in [0, 0.1) is 5.41 Å². The van der Waals surface area contributed by atoms with Gasteiger partial charge in [0, 0.05) is 6.04 Å². The predicted octanol–water partition coefficient (Wildman–Crippen LogP) is 0.112. The summed E-state index contributed by atoms with van der Waals surface area (Å²) < 4.78 is 23.9. The predicted molar refractivity (Wildman–Crippen MR) is 45.5 cm³/mol. The Morgan fingerprint density at radius 3 is 2.42 bits per heavy atom. The maximum atomic E-state index is 10.7. The minimum atomic E-state index is -3.47. The van der Waals surface area contributed by atoms with Gasteiger partial charge in [0.2, 0.25) is 0 Å². The van der Waals surface area contributed by atoms with E-state index in [9.17, 15) is 8.42 Å². The maximum absolute atomic E-state index is 10.7. The Morgan fingerprint density at radius 2 is 1.92 bits per heavy atom. The second-order valence-electron chi connectivity index (χ2n) is 3.99. The molecule has 70 valence electrons. The molecule has 0 bridgehead atoms. The highest BCUT2D eigenvalue weighted by molar-refractivity contribution is 7.87. The number of rotatable bonds is 2. The summed E-state index contributed by atoms with van der Waals surface area (Å²) in [6.07, 6.45) is 5.80. The van der Waals surface area contributed by atoms with Crippen LogP contribution < -0.4 is 9.86 Å². The molecule has 3 N–H and O–H groups in total. The molecule has 4 nitrogen and oxygen atoms in total. The minimum absolute atomic E-state index is 0.134. The van der Waals surface area contributed by atoms with Crippen molar-refractivity contribution in [3.05, 3.63) is 0 Å².